The molecule has 3 rings (SSSR count). The summed E-state index contributed by atoms with van der Waals surface area (Å²) in [6, 6.07) is 0. The van der Waals surface area contributed by atoms with Gasteiger partial charge in [0.25, 0.3) is 0 Å². The lowest BCUT2D eigenvalue weighted by Crippen LogP contribution is -2.39. The van der Waals surface area contributed by atoms with Crippen molar-refractivity contribution in [2.24, 2.45) is 23.2 Å². The van der Waals surface area contributed by atoms with E-state index in [1.54, 1.807) is 0 Å². The zero-order chi connectivity index (χ0) is 34.6. The first kappa shape index (κ1) is 41.1. The largest absolute Gasteiger partial charge is 0.465 e. The Hall–Kier alpha value is -1.32. The van der Waals surface area contributed by atoms with E-state index in [4.69, 9.17) is 14.2 Å². The molecule has 0 aliphatic heterocycles. The molecule has 0 amide bonds. The summed E-state index contributed by atoms with van der Waals surface area (Å²) in [5.74, 6) is 6.65. The first-order chi connectivity index (χ1) is 23.2. The monoisotopic (exact) mass is 722 g/mol. The van der Waals surface area contributed by atoms with E-state index in [1.807, 2.05) is 42.2 Å². The van der Waals surface area contributed by atoms with Crippen molar-refractivity contribution in [3.8, 4) is 0 Å². The molecular formula is C39H62O6S3. The van der Waals surface area contributed by atoms with Gasteiger partial charge in [-0.15, -0.1) is 0 Å². The van der Waals surface area contributed by atoms with Gasteiger partial charge in [-0.1, -0.05) is 41.9 Å². The summed E-state index contributed by atoms with van der Waals surface area (Å²) in [7, 11) is 0. The molecule has 3 aliphatic carbocycles. The van der Waals surface area contributed by atoms with E-state index in [1.165, 1.54) is 55.2 Å². The predicted molar refractivity (Wildman–Crippen MR) is 205 cm³/mol. The van der Waals surface area contributed by atoms with Gasteiger partial charge in [0.2, 0.25) is 0 Å². The van der Waals surface area contributed by atoms with Crippen LogP contribution >= 0.6 is 35.3 Å². The van der Waals surface area contributed by atoms with Gasteiger partial charge in [0.05, 0.1) is 24.7 Å². The third kappa shape index (κ3) is 17.1. The normalized spacial score (nSPS) is 22.5. The van der Waals surface area contributed by atoms with E-state index in [2.05, 4.69) is 39.0 Å². The van der Waals surface area contributed by atoms with Gasteiger partial charge in [-0.25, -0.2) is 0 Å². The highest BCUT2D eigenvalue weighted by atomic mass is 32.2. The first-order valence-corrected chi connectivity index (χ1v) is 21.8. The molecule has 0 heterocycles. The predicted octanol–water partition coefficient (Wildman–Crippen LogP) is 9.62. The van der Waals surface area contributed by atoms with Gasteiger partial charge >= 0.3 is 17.9 Å². The molecule has 0 bridgehead atoms. The molecule has 0 saturated heterocycles. The number of hydrogen-bond donors (Lipinski definition) is 0. The summed E-state index contributed by atoms with van der Waals surface area (Å²) in [4.78, 5) is 38.2. The molecule has 0 fully saturated rings. The maximum Gasteiger partial charge on any atom is 0.306 e. The summed E-state index contributed by atoms with van der Waals surface area (Å²) >= 11 is 5.45. The summed E-state index contributed by atoms with van der Waals surface area (Å²) in [5.41, 5.74) is 3.69. The summed E-state index contributed by atoms with van der Waals surface area (Å²) < 4.78 is 17.3. The SMILES string of the molecule is CCC(COC(=O)CCSCC1CC=C(C)CC1)(COC(=O)CCSCC1CC=C(C)CC1)COC(=O)CCSCC1CC=C(C)CC1. The van der Waals surface area contributed by atoms with Crippen molar-refractivity contribution < 1.29 is 28.6 Å². The summed E-state index contributed by atoms with van der Waals surface area (Å²) in [5, 5.41) is 0. The first-order valence-electron chi connectivity index (χ1n) is 18.3. The van der Waals surface area contributed by atoms with Gasteiger partial charge in [-0.05, 0) is 120 Å². The minimum absolute atomic E-state index is 0.0625. The maximum atomic E-state index is 12.7. The van der Waals surface area contributed by atoms with E-state index < -0.39 is 5.41 Å². The molecular weight excluding hydrogens is 661 g/mol. The smallest absolute Gasteiger partial charge is 0.306 e. The fourth-order valence-corrected chi connectivity index (χ4v) is 9.42. The van der Waals surface area contributed by atoms with Crippen molar-refractivity contribution in [3.05, 3.63) is 34.9 Å². The second-order valence-corrected chi connectivity index (χ2v) is 17.8. The minimum atomic E-state index is -0.765. The van der Waals surface area contributed by atoms with Crippen LogP contribution in [0.2, 0.25) is 0 Å². The average molecular weight is 723 g/mol. The van der Waals surface area contributed by atoms with Crippen molar-refractivity contribution in [1.82, 2.24) is 0 Å². The molecule has 0 N–H and O–H groups in total. The Labute approximate surface area is 304 Å². The van der Waals surface area contributed by atoms with Gasteiger partial charge in [0.15, 0.2) is 0 Å². The Kier molecular flexibility index (Phi) is 19.9. The lowest BCUT2D eigenvalue weighted by Gasteiger charge is -2.31. The second-order valence-electron chi connectivity index (χ2n) is 14.4. The number of carbonyl (C=O) groups excluding carboxylic acids is 3. The summed E-state index contributed by atoms with van der Waals surface area (Å²) in [6.45, 7) is 8.76. The number of ether oxygens (including phenoxy) is 3. The fourth-order valence-electron chi connectivity index (χ4n) is 6.08. The molecule has 0 aromatic carbocycles. The van der Waals surface area contributed by atoms with Gasteiger partial charge in [-0.3, -0.25) is 14.4 Å². The number of allylic oxidation sites excluding steroid dienone is 6. The number of hydrogen-bond acceptors (Lipinski definition) is 9. The molecule has 0 saturated carbocycles. The number of esters is 3. The van der Waals surface area contributed by atoms with Crippen LogP contribution in [0.3, 0.4) is 0 Å². The highest BCUT2D eigenvalue weighted by Crippen LogP contribution is 2.30. The molecule has 0 aromatic rings. The highest BCUT2D eigenvalue weighted by molar-refractivity contribution is 7.99. The Bertz CT molecular complexity index is 968. The molecule has 272 valence electrons. The van der Waals surface area contributed by atoms with E-state index >= 15 is 0 Å². The highest BCUT2D eigenvalue weighted by Gasteiger charge is 2.34. The molecule has 0 aromatic heterocycles. The molecule has 0 spiro atoms. The molecule has 3 atom stereocenters. The van der Waals surface area contributed by atoms with E-state index in [0.717, 1.165) is 53.8 Å². The molecule has 3 unspecified atom stereocenters. The lowest BCUT2D eigenvalue weighted by atomic mass is 9.88. The maximum absolute atomic E-state index is 12.7. The van der Waals surface area contributed by atoms with Gasteiger partial charge in [0, 0.05) is 17.3 Å². The van der Waals surface area contributed by atoms with Crippen molar-refractivity contribution in [2.45, 2.75) is 111 Å². The lowest BCUT2D eigenvalue weighted by molar-refractivity contribution is -0.161. The Morgan fingerprint density at radius 1 is 0.604 bits per heavy atom. The Morgan fingerprint density at radius 2 is 0.917 bits per heavy atom. The van der Waals surface area contributed by atoms with E-state index in [0.29, 0.717) is 43.4 Å². The Balaban J connectivity index is 1.41. The molecule has 9 heteroatoms. The van der Waals surface area contributed by atoms with E-state index in [9.17, 15) is 14.4 Å². The van der Waals surface area contributed by atoms with Crippen LogP contribution in [0.15, 0.2) is 34.9 Å². The minimum Gasteiger partial charge on any atom is -0.465 e. The average Bonchev–Trinajstić information content (AvgIpc) is 3.09. The number of carbonyl (C=O) groups is 3. The van der Waals surface area contributed by atoms with Crippen LogP contribution < -0.4 is 0 Å². The summed E-state index contributed by atoms with van der Waals surface area (Å²) in [6.07, 6.45) is 19.2. The van der Waals surface area contributed by atoms with Gasteiger partial charge in [0.1, 0.15) is 19.8 Å². The van der Waals surface area contributed by atoms with Crippen LogP contribution in [0.5, 0.6) is 0 Å². The van der Waals surface area contributed by atoms with Gasteiger partial charge < -0.3 is 14.2 Å². The van der Waals surface area contributed by atoms with Crippen molar-refractivity contribution in [1.29, 1.82) is 0 Å². The van der Waals surface area contributed by atoms with Crippen LogP contribution in [0.1, 0.15) is 111 Å². The molecule has 6 nitrogen and oxygen atoms in total. The van der Waals surface area contributed by atoms with Crippen LogP contribution in [0, 0.1) is 23.2 Å². The van der Waals surface area contributed by atoms with Crippen molar-refractivity contribution in [2.75, 3.05) is 54.3 Å². The zero-order valence-electron chi connectivity index (χ0n) is 30.2. The molecule has 48 heavy (non-hydrogen) atoms. The standard InChI is InChI=1S/C39H62O6S3/c1-5-39(27-43-36(40)18-21-46-24-33-12-6-30(2)7-13-33,28-44-37(41)19-22-47-25-34-14-8-31(3)9-15-34)29-45-38(42)20-23-48-26-35-16-10-32(4)11-17-35/h6,8,10,33-35H,5,7,9,11-29H2,1-4H3. The van der Waals surface area contributed by atoms with Gasteiger partial charge in [-0.2, -0.15) is 35.3 Å². The van der Waals surface area contributed by atoms with Crippen LogP contribution in [-0.4, -0.2) is 72.2 Å². The van der Waals surface area contributed by atoms with Crippen LogP contribution in [0.4, 0.5) is 0 Å². The van der Waals surface area contributed by atoms with Crippen molar-refractivity contribution >= 4 is 53.2 Å². The van der Waals surface area contributed by atoms with Crippen LogP contribution in [0.25, 0.3) is 0 Å². The van der Waals surface area contributed by atoms with E-state index in [-0.39, 0.29) is 37.7 Å². The molecule has 3 aliphatic rings. The Morgan fingerprint density at radius 3 is 1.17 bits per heavy atom. The molecule has 0 radical (unpaired) electrons. The zero-order valence-corrected chi connectivity index (χ0v) is 32.6. The number of rotatable bonds is 22. The quantitative estimate of drug-likeness (QED) is 0.0470. The third-order valence-electron chi connectivity index (χ3n) is 10.0. The topological polar surface area (TPSA) is 78.9 Å². The van der Waals surface area contributed by atoms with Crippen LogP contribution in [-0.2, 0) is 28.6 Å². The van der Waals surface area contributed by atoms with Crippen molar-refractivity contribution in [3.63, 3.8) is 0 Å². The third-order valence-corrected chi connectivity index (χ3v) is 13.6. The number of thioether (sulfide) groups is 3. The fraction of sp³-hybridized carbons (Fsp3) is 0.769. The second kappa shape index (κ2) is 23.2.